The molecule has 3 N–H and O–H groups in total. The van der Waals surface area contributed by atoms with E-state index in [9.17, 15) is 4.79 Å². The van der Waals surface area contributed by atoms with Gasteiger partial charge in [-0.1, -0.05) is 72.8 Å². The molecule has 1 aliphatic rings. The summed E-state index contributed by atoms with van der Waals surface area (Å²) in [5.41, 5.74) is 11.9. The van der Waals surface area contributed by atoms with Gasteiger partial charge in [-0.15, -0.1) is 11.3 Å². The number of carbonyl (C=O) groups excluding carboxylic acids is 1. The molecule has 214 valence electrons. The van der Waals surface area contributed by atoms with Crippen molar-refractivity contribution in [1.82, 2.24) is 15.2 Å². The Kier molecular flexibility index (Phi) is 8.08. The molecule has 0 radical (unpaired) electrons. The first-order chi connectivity index (χ1) is 20.6. The van der Waals surface area contributed by atoms with Gasteiger partial charge >= 0.3 is 0 Å². The second-order valence-electron chi connectivity index (χ2n) is 10.5. The molecule has 7 nitrogen and oxygen atoms in total. The Morgan fingerprint density at radius 1 is 0.952 bits per heavy atom. The number of methoxy groups -OCH3 is 2. The quantitative estimate of drug-likeness (QED) is 0.215. The number of rotatable bonds is 8. The lowest BCUT2D eigenvalue weighted by atomic mass is 9.98. The number of anilines is 1. The van der Waals surface area contributed by atoms with E-state index in [1.54, 1.807) is 14.2 Å². The number of benzene rings is 3. The van der Waals surface area contributed by atoms with Gasteiger partial charge in [0.2, 0.25) is 0 Å². The second-order valence-corrected chi connectivity index (χ2v) is 11.5. The van der Waals surface area contributed by atoms with Gasteiger partial charge in [0.1, 0.15) is 9.71 Å². The Balaban J connectivity index is 1.32. The van der Waals surface area contributed by atoms with Crippen LogP contribution in [-0.2, 0) is 6.54 Å². The maximum absolute atomic E-state index is 13.6. The van der Waals surface area contributed by atoms with E-state index in [4.69, 9.17) is 20.2 Å². The van der Waals surface area contributed by atoms with E-state index in [1.165, 1.54) is 16.9 Å². The Morgan fingerprint density at radius 2 is 1.67 bits per heavy atom. The van der Waals surface area contributed by atoms with Crippen molar-refractivity contribution in [2.75, 3.05) is 33.0 Å². The fourth-order valence-electron chi connectivity index (χ4n) is 5.69. The lowest BCUT2D eigenvalue weighted by Crippen LogP contribution is -2.44. The number of amides is 1. The van der Waals surface area contributed by atoms with E-state index in [2.05, 4.69) is 34.5 Å². The highest BCUT2D eigenvalue weighted by atomic mass is 32.1. The number of likely N-dealkylation sites (tertiary alicyclic amines) is 1. The lowest BCUT2D eigenvalue weighted by molar-refractivity contribution is 0.0914. The van der Waals surface area contributed by atoms with Crippen LogP contribution in [0.1, 0.15) is 28.1 Å². The molecule has 0 spiro atoms. The molecule has 3 heterocycles. The molecule has 0 aliphatic carbocycles. The smallest absolute Gasteiger partial charge is 0.263 e. The predicted molar refractivity (Wildman–Crippen MR) is 170 cm³/mol. The van der Waals surface area contributed by atoms with E-state index < -0.39 is 0 Å². The first-order valence-corrected chi connectivity index (χ1v) is 14.9. The second kappa shape index (κ2) is 12.2. The van der Waals surface area contributed by atoms with Crippen molar-refractivity contribution in [2.24, 2.45) is 0 Å². The largest absolute Gasteiger partial charge is 0.493 e. The lowest BCUT2D eigenvalue weighted by Gasteiger charge is -2.32. The van der Waals surface area contributed by atoms with E-state index in [0.717, 1.165) is 60.2 Å². The average Bonchev–Trinajstić information content (AvgIpc) is 3.38. The highest BCUT2D eigenvalue weighted by Crippen LogP contribution is 2.46. The molecule has 2 aromatic heterocycles. The summed E-state index contributed by atoms with van der Waals surface area (Å²) in [5, 5.41) is 4.00. The summed E-state index contributed by atoms with van der Waals surface area (Å²) in [6.45, 7) is 2.80. The van der Waals surface area contributed by atoms with Crippen molar-refractivity contribution in [2.45, 2.75) is 25.4 Å². The molecule has 3 aromatic carbocycles. The standard InChI is InChI=1S/C34H34N4O3S/c1-40-28-15-9-14-25(31(28)41-2)26-20-27(23-12-7-4-8-13-23)37-34-29(26)30(35)32(42-34)33(39)36-24-16-18-38(19-17-24)21-22-10-5-3-6-11-22/h3-15,20,24H,16-19,21,35H2,1-2H3,(H,36,39). The zero-order valence-electron chi connectivity index (χ0n) is 23.8. The first-order valence-electron chi connectivity index (χ1n) is 14.1. The molecular weight excluding hydrogens is 544 g/mol. The number of aromatic nitrogens is 1. The van der Waals surface area contributed by atoms with Crippen molar-refractivity contribution in [3.05, 3.63) is 95.4 Å². The van der Waals surface area contributed by atoms with Crippen molar-refractivity contribution in [1.29, 1.82) is 0 Å². The normalized spacial score (nSPS) is 14.1. The molecule has 5 aromatic rings. The number of nitrogens with zero attached hydrogens (tertiary/aromatic N) is 2. The maximum atomic E-state index is 13.6. The van der Waals surface area contributed by atoms with Gasteiger partial charge in [0.25, 0.3) is 5.91 Å². The van der Waals surface area contributed by atoms with Gasteiger partial charge in [-0.2, -0.15) is 0 Å². The summed E-state index contributed by atoms with van der Waals surface area (Å²) in [5.74, 6) is 1.07. The zero-order valence-corrected chi connectivity index (χ0v) is 24.6. The van der Waals surface area contributed by atoms with Crippen LogP contribution in [0.2, 0.25) is 0 Å². The summed E-state index contributed by atoms with van der Waals surface area (Å²) >= 11 is 1.33. The number of hydrogen-bond acceptors (Lipinski definition) is 7. The highest BCUT2D eigenvalue weighted by Gasteiger charge is 2.26. The maximum Gasteiger partial charge on any atom is 0.263 e. The van der Waals surface area contributed by atoms with Crippen molar-refractivity contribution in [3.8, 4) is 33.9 Å². The van der Waals surface area contributed by atoms with Crippen LogP contribution in [0.15, 0.2) is 84.9 Å². The third kappa shape index (κ3) is 5.55. The van der Waals surface area contributed by atoms with Gasteiger partial charge in [0.15, 0.2) is 11.5 Å². The third-order valence-electron chi connectivity index (χ3n) is 7.84. The topological polar surface area (TPSA) is 89.7 Å². The number of ether oxygens (including phenoxy) is 2. The Labute approximate surface area is 249 Å². The predicted octanol–water partition coefficient (Wildman–Crippen LogP) is 6.62. The first kappa shape index (κ1) is 27.8. The molecule has 0 saturated carbocycles. The average molecular weight is 579 g/mol. The van der Waals surface area contributed by atoms with Crippen LogP contribution >= 0.6 is 11.3 Å². The van der Waals surface area contributed by atoms with Crippen LogP contribution < -0.4 is 20.5 Å². The van der Waals surface area contributed by atoms with Crippen molar-refractivity contribution >= 4 is 33.1 Å². The van der Waals surface area contributed by atoms with E-state index in [-0.39, 0.29) is 11.9 Å². The third-order valence-corrected chi connectivity index (χ3v) is 8.94. The van der Waals surface area contributed by atoms with Gasteiger partial charge in [0, 0.05) is 47.8 Å². The fraction of sp³-hybridized carbons (Fsp3) is 0.235. The van der Waals surface area contributed by atoms with E-state index >= 15 is 0 Å². The number of para-hydroxylation sites is 1. The number of nitrogens with one attached hydrogen (secondary N) is 1. The number of fused-ring (bicyclic) bond motifs is 1. The van der Waals surface area contributed by atoms with E-state index in [0.29, 0.717) is 26.9 Å². The van der Waals surface area contributed by atoms with Crippen LogP contribution in [0.4, 0.5) is 5.69 Å². The Hall–Kier alpha value is -4.40. The van der Waals surface area contributed by atoms with Crippen LogP contribution in [0.5, 0.6) is 11.5 Å². The molecule has 1 amide bonds. The van der Waals surface area contributed by atoms with Gasteiger partial charge in [-0.3, -0.25) is 9.69 Å². The van der Waals surface area contributed by atoms with Gasteiger partial charge in [-0.25, -0.2) is 4.98 Å². The minimum absolute atomic E-state index is 0.0972. The number of thiophene rings is 1. The summed E-state index contributed by atoms with van der Waals surface area (Å²) in [4.78, 5) is 22.2. The molecule has 8 heteroatoms. The number of carbonyl (C=O) groups is 1. The highest BCUT2D eigenvalue weighted by molar-refractivity contribution is 7.21. The molecule has 1 fully saturated rings. The Bertz CT molecular complexity index is 1700. The number of nitrogens with two attached hydrogens (primary N) is 1. The van der Waals surface area contributed by atoms with Crippen LogP contribution in [0, 0.1) is 0 Å². The zero-order chi connectivity index (χ0) is 29.1. The number of nitrogen functional groups attached to an aromatic ring is 1. The van der Waals surface area contributed by atoms with Crippen LogP contribution in [-0.4, -0.2) is 49.1 Å². The van der Waals surface area contributed by atoms with Crippen LogP contribution in [0.25, 0.3) is 32.6 Å². The van der Waals surface area contributed by atoms with Gasteiger partial charge in [-0.05, 0) is 30.5 Å². The molecular formula is C34H34N4O3S. The van der Waals surface area contributed by atoms with Crippen molar-refractivity contribution in [3.63, 3.8) is 0 Å². The van der Waals surface area contributed by atoms with Crippen LogP contribution in [0.3, 0.4) is 0 Å². The molecule has 42 heavy (non-hydrogen) atoms. The minimum Gasteiger partial charge on any atom is -0.493 e. The Morgan fingerprint density at radius 3 is 2.36 bits per heavy atom. The summed E-state index contributed by atoms with van der Waals surface area (Å²) in [6, 6.07) is 28.4. The molecule has 1 saturated heterocycles. The minimum atomic E-state index is -0.151. The molecule has 0 atom stereocenters. The monoisotopic (exact) mass is 578 g/mol. The molecule has 0 bridgehead atoms. The summed E-state index contributed by atoms with van der Waals surface area (Å²) < 4.78 is 11.4. The number of pyridine rings is 1. The molecule has 1 aliphatic heterocycles. The summed E-state index contributed by atoms with van der Waals surface area (Å²) in [6.07, 6.45) is 1.79. The number of hydrogen-bond donors (Lipinski definition) is 2. The molecule has 0 unspecified atom stereocenters. The van der Waals surface area contributed by atoms with Gasteiger partial charge in [0.05, 0.1) is 25.6 Å². The van der Waals surface area contributed by atoms with E-state index in [1.807, 2.05) is 60.7 Å². The number of piperidine rings is 1. The van der Waals surface area contributed by atoms with Crippen molar-refractivity contribution < 1.29 is 14.3 Å². The fourth-order valence-corrected chi connectivity index (χ4v) is 6.71. The summed E-state index contributed by atoms with van der Waals surface area (Å²) in [7, 11) is 3.24. The molecule has 6 rings (SSSR count). The van der Waals surface area contributed by atoms with Gasteiger partial charge < -0.3 is 20.5 Å². The SMILES string of the molecule is COc1cccc(-c2cc(-c3ccccc3)nc3sc(C(=O)NC4CCN(Cc5ccccc5)CC4)c(N)c23)c1OC.